The van der Waals surface area contributed by atoms with Crippen LogP contribution >= 0.6 is 11.8 Å². The summed E-state index contributed by atoms with van der Waals surface area (Å²) in [4.78, 5) is 32.8. The number of benzene rings is 1. The Kier molecular flexibility index (Phi) is 5.70. The number of amides is 3. The first kappa shape index (κ1) is 18.8. The second-order valence-electron chi connectivity index (χ2n) is 6.06. The van der Waals surface area contributed by atoms with E-state index in [9.17, 15) is 9.59 Å². The number of carbonyl (C=O) groups is 2. The molecule has 0 aliphatic rings. The van der Waals surface area contributed by atoms with Gasteiger partial charge in [-0.05, 0) is 32.4 Å². The largest absolute Gasteiger partial charge is 0.334 e. The normalized spacial score (nSPS) is 12.0. The van der Waals surface area contributed by atoms with Gasteiger partial charge in [0.15, 0.2) is 0 Å². The van der Waals surface area contributed by atoms with Gasteiger partial charge in [0.25, 0.3) is 5.78 Å². The maximum absolute atomic E-state index is 12.2. The van der Waals surface area contributed by atoms with Gasteiger partial charge in [0.2, 0.25) is 11.1 Å². The van der Waals surface area contributed by atoms with Crippen LogP contribution in [0.2, 0.25) is 0 Å². The summed E-state index contributed by atoms with van der Waals surface area (Å²) >= 11 is 1.17. The van der Waals surface area contributed by atoms with Gasteiger partial charge in [-0.15, -0.1) is 5.10 Å². The molecule has 0 radical (unpaired) electrons. The predicted octanol–water partition coefficient (Wildman–Crippen LogP) is 2.25. The summed E-state index contributed by atoms with van der Waals surface area (Å²) in [5, 5.41) is 9.25. The van der Waals surface area contributed by atoms with Gasteiger partial charge < -0.3 is 5.32 Å². The third-order valence-corrected chi connectivity index (χ3v) is 4.73. The number of imide groups is 1. The molecule has 3 amide bonds. The molecule has 1 aromatic carbocycles. The molecule has 3 aromatic rings. The van der Waals surface area contributed by atoms with Gasteiger partial charge in [-0.2, -0.15) is 4.98 Å². The van der Waals surface area contributed by atoms with E-state index in [-0.39, 0.29) is 0 Å². The lowest BCUT2D eigenvalue weighted by Crippen LogP contribution is -2.42. The molecule has 1 atom stereocenters. The number of hydrogen-bond donors (Lipinski definition) is 2. The molecule has 9 heteroatoms. The number of thioether (sulfide) groups is 1. The van der Waals surface area contributed by atoms with Crippen LogP contribution in [0, 0.1) is 13.8 Å². The van der Waals surface area contributed by atoms with E-state index in [1.807, 2.05) is 50.2 Å². The first-order chi connectivity index (χ1) is 12.9. The maximum atomic E-state index is 12.2. The highest BCUT2D eigenvalue weighted by atomic mass is 32.2. The number of fused-ring (bicyclic) bond motifs is 1. The van der Waals surface area contributed by atoms with Gasteiger partial charge in [-0.3, -0.25) is 10.1 Å². The molecule has 0 bridgehead atoms. The van der Waals surface area contributed by atoms with E-state index in [1.165, 1.54) is 11.8 Å². The van der Waals surface area contributed by atoms with Crippen LogP contribution in [0.25, 0.3) is 5.78 Å². The first-order valence-corrected chi connectivity index (χ1v) is 9.30. The molecule has 8 nitrogen and oxygen atoms in total. The molecule has 2 N–H and O–H groups in total. The molecular formula is C18H20N6O2S. The second kappa shape index (κ2) is 8.17. The summed E-state index contributed by atoms with van der Waals surface area (Å²) in [5.41, 5.74) is 2.72. The van der Waals surface area contributed by atoms with Gasteiger partial charge in [0, 0.05) is 17.9 Å². The minimum atomic E-state index is -0.536. The molecule has 0 saturated heterocycles. The summed E-state index contributed by atoms with van der Waals surface area (Å²) < 4.78 is 1.63. The van der Waals surface area contributed by atoms with Crippen LogP contribution in [0.15, 0.2) is 41.6 Å². The molecule has 3 rings (SSSR count). The molecule has 27 heavy (non-hydrogen) atoms. The fourth-order valence-electron chi connectivity index (χ4n) is 2.45. The zero-order chi connectivity index (χ0) is 19.4. The molecule has 0 aliphatic carbocycles. The first-order valence-electron chi connectivity index (χ1n) is 8.42. The van der Waals surface area contributed by atoms with Gasteiger partial charge in [-0.1, -0.05) is 42.1 Å². The summed E-state index contributed by atoms with van der Waals surface area (Å²) in [6.45, 7) is 5.85. The third-order valence-electron chi connectivity index (χ3n) is 3.78. The maximum Gasteiger partial charge on any atom is 0.321 e. The van der Waals surface area contributed by atoms with E-state index in [1.54, 1.807) is 11.4 Å². The SMILES string of the molecule is Cc1cc(C)n2nc(SC(C)C(=O)NC(=O)NCc3ccccc3)nc2n1. The lowest BCUT2D eigenvalue weighted by molar-refractivity contribution is -0.119. The Balaban J connectivity index is 1.56. The topological polar surface area (TPSA) is 101 Å². The smallest absolute Gasteiger partial charge is 0.321 e. The van der Waals surface area contributed by atoms with Crippen LogP contribution in [-0.4, -0.2) is 36.8 Å². The summed E-state index contributed by atoms with van der Waals surface area (Å²) in [7, 11) is 0. The fourth-order valence-corrected chi connectivity index (χ4v) is 3.19. The molecule has 1 unspecified atom stereocenters. The van der Waals surface area contributed by atoms with E-state index in [0.717, 1.165) is 17.0 Å². The Bertz CT molecular complexity index is 973. The molecule has 0 aliphatic heterocycles. The number of hydrogen-bond acceptors (Lipinski definition) is 6. The Labute approximate surface area is 160 Å². The van der Waals surface area contributed by atoms with Crippen molar-refractivity contribution in [3.63, 3.8) is 0 Å². The summed E-state index contributed by atoms with van der Waals surface area (Å²) in [6.07, 6.45) is 0. The number of urea groups is 1. The van der Waals surface area contributed by atoms with E-state index in [4.69, 9.17) is 0 Å². The Hall–Kier alpha value is -2.94. The third kappa shape index (κ3) is 4.82. The molecule has 2 heterocycles. The van der Waals surface area contributed by atoms with Gasteiger partial charge >= 0.3 is 6.03 Å². The van der Waals surface area contributed by atoms with Crippen molar-refractivity contribution in [2.45, 2.75) is 37.7 Å². The Morgan fingerprint density at radius 1 is 1.19 bits per heavy atom. The molecule has 0 saturated carbocycles. The number of nitrogens with one attached hydrogen (secondary N) is 2. The van der Waals surface area contributed by atoms with Crippen LogP contribution in [0.3, 0.4) is 0 Å². The van der Waals surface area contributed by atoms with Gasteiger partial charge in [-0.25, -0.2) is 14.3 Å². The highest BCUT2D eigenvalue weighted by Crippen LogP contribution is 2.20. The summed E-state index contributed by atoms with van der Waals surface area (Å²) in [6, 6.07) is 10.8. The van der Waals surface area contributed by atoms with E-state index in [0.29, 0.717) is 17.5 Å². The van der Waals surface area contributed by atoms with Crippen molar-refractivity contribution in [2.24, 2.45) is 0 Å². The zero-order valence-corrected chi connectivity index (χ0v) is 16.1. The number of nitrogens with zero attached hydrogens (tertiary/aromatic N) is 4. The standard InChI is InChI=1S/C18H20N6O2S/c1-11-9-12(2)24-16(20-11)22-18(23-24)27-13(3)15(25)21-17(26)19-10-14-7-5-4-6-8-14/h4-9,13H,10H2,1-3H3,(H2,19,21,25,26). The van der Waals surface area contributed by atoms with Crippen LogP contribution in [0.1, 0.15) is 23.9 Å². The van der Waals surface area contributed by atoms with Crippen molar-refractivity contribution in [3.8, 4) is 0 Å². The fraction of sp³-hybridized carbons (Fsp3) is 0.278. The predicted molar refractivity (Wildman–Crippen MR) is 102 cm³/mol. The number of aryl methyl sites for hydroxylation is 2. The minimum Gasteiger partial charge on any atom is -0.334 e. The van der Waals surface area contributed by atoms with Crippen LogP contribution in [-0.2, 0) is 11.3 Å². The van der Waals surface area contributed by atoms with Crippen molar-refractivity contribution in [1.29, 1.82) is 0 Å². The van der Waals surface area contributed by atoms with Crippen molar-refractivity contribution in [2.75, 3.05) is 0 Å². The van der Waals surface area contributed by atoms with E-state index >= 15 is 0 Å². The minimum absolute atomic E-state index is 0.347. The highest BCUT2D eigenvalue weighted by Gasteiger charge is 2.20. The quantitative estimate of drug-likeness (QED) is 0.654. The Morgan fingerprint density at radius 2 is 1.93 bits per heavy atom. The van der Waals surface area contributed by atoms with Gasteiger partial charge in [0.05, 0.1) is 5.25 Å². The highest BCUT2D eigenvalue weighted by molar-refractivity contribution is 8.00. The monoisotopic (exact) mass is 384 g/mol. The molecule has 0 spiro atoms. The molecular weight excluding hydrogens is 364 g/mol. The number of carbonyl (C=O) groups excluding carboxylic acids is 2. The average molecular weight is 384 g/mol. The van der Waals surface area contributed by atoms with Crippen molar-refractivity contribution < 1.29 is 9.59 Å². The van der Waals surface area contributed by atoms with Crippen molar-refractivity contribution >= 4 is 29.5 Å². The second-order valence-corrected chi connectivity index (χ2v) is 7.37. The van der Waals surface area contributed by atoms with Gasteiger partial charge in [0.1, 0.15) is 0 Å². The number of aromatic nitrogens is 4. The lowest BCUT2D eigenvalue weighted by Gasteiger charge is -2.10. The van der Waals surface area contributed by atoms with E-state index in [2.05, 4.69) is 25.7 Å². The van der Waals surface area contributed by atoms with Crippen LogP contribution in [0.4, 0.5) is 4.79 Å². The Morgan fingerprint density at radius 3 is 2.67 bits per heavy atom. The lowest BCUT2D eigenvalue weighted by atomic mass is 10.2. The average Bonchev–Trinajstić information content (AvgIpc) is 3.03. The van der Waals surface area contributed by atoms with Crippen molar-refractivity contribution in [1.82, 2.24) is 30.2 Å². The van der Waals surface area contributed by atoms with Crippen LogP contribution in [0.5, 0.6) is 0 Å². The molecule has 140 valence electrons. The van der Waals surface area contributed by atoms with Crippen molar-refractivity contribution in [3.05, 3.63) is 53.3 Å². The molecule has 2 aromatic heterocycles. The molecule has 0 fully saturated rings. The number of rotatable bonds is 5. The van der Waals surface area contributed by atoms with Crippen LogP contribution < -0.4 is 10.6 Å². The zero-order valence-electron chi connectivity index (χ0n) is 15.3. The summed E-state index contributed by atoms with van der Waals surface area (Å²) in [5.74, 6) is 0.0773. The van der Waals surface area contributed by atoms with E-state index < -0.39 is 17.2 Å².